The predicted molar refractivity (Wildman–Crippen MR) is 142 cm³/mol. The molecule has 0 bridgehead atoms. The van der Waals surface area contributed by atoms with Crippen molar-refractivity contribution in [3.05, 3.63) is 55.2 Å². The summed E-state index contributed by atoms with van der Waals surface area (Å²) < 4.78 is 22.8. The summed E-state index contributed by atoms with van der Waals surface area (Å²) in [6, 6.07) is 4.68. The summed E-state index contributed by atoms with van der Waals surface area (Å²) in [5, 5.41) is 12.5. The summed E-state index contributed by atoms with van der Waals surface area (Å²) in [4.78, 5) is 41.2. The van der Waals surface area contributed by atoms with E-state index in [1.807, 2.05) is 12.3 Å². The highest BCUT2D eigenvalue weighted by Crippen LogP contribution is 2.52. The minimum atomic E-state index is -0.886. The highest BCUT2D eigenvalue weighted by molar-refractivity contribution is 7.98. The van der Waals surface area contributed by atoms with E-state index in [-0.39, 0.29) is 37.4 Å². The maximum Gasteiger partial charge on any atom is 0.294 e. The molecule has 0 spiro atoms. The second-order valence-corrected chi connectivity index (χ2v) is 9.31. The second-order valence-electron chi connectivity index (χ2n) is 8.46. The zero-order chi connectivity index (χ0) is 27.8. The summed E-state index contributed by atoms with van der Waals surface area (Å²) in [7, 11) is 6.21. The maximum atomic E-state index is 13.1. The molecule has 2 aromatic rings. The van der Waals surface area contributed by atoms with Gasteiger partial charge in [0.25, 0.3) is 5.09 Å². The topological polar surface area (TPSA) is 135 Å². The molecule has 11 nitrogen and oxygen atoms in total. The summed E-state index contributed by atoms with van der Waals surface area (Å²) in [6.45, 7) is 0.0670. The number of carbonyl (C=O) groups is 1. The van der Waals surface area contributed by atoms with Crippen LogP contribution in [0.4, 0.5) is 0 Å². The fraction of sp³-hybridized carbons (Fsp3) is 0.462. The van der Waals surface area contributed by atoms with E-state index in [9.17, 15) is 19.7 Å². The van der Waals surface area contributed by atoms with E-state index in [4.69, 9.17) is 18.9 Å². The molecule has 0 saturated heterocycles. The van der Waals surface area contributed by atoms with Crippen molar-refractivity contribution in [2.75, 3.05) is 41.3 Å². The number of nitrogens with zero attached hydrogens (tertiary/aromatic N) is 1. The number of amides is 1. The first kappa shape index (κ1) is 29.1. The zero-order valence-electron chi connectivity index (χ0n) is 22.1. The number of benzene rings is 1. The molecule has 0 aromatic heterocycles. The molecule has 1 aliphatic carbocycles. The lowest BCUT2D eigenvalue weighted by Gasteiger charge is -2.23. The van der Waals surface area contributed by atoms with Crippen LogP contribution >= 0.6 is 11.8 Å². The second kappa shape index (κ2) is 13.3. The lowest BCUT2D eigenvalue weighted by atomic mass is 9.91. The molecule has 0 saturated carbocycles. The molecule has 1 aliphatic rings. The lowest BCUT2D eigenvalue weighted by Crippen LogP contribution is -2.29. The van der Waals surface area contributed by atoms with E-state index >= 15 is 0 Å². The Hall–Kier alpha value is -3.51. The van der Waals surface area contributed by atoms with Crippen LogP contribution in [0.1, 0.15) is 42.0 Å². The van der Waals surface area contributed by atoms with Crippen LogP contribution in [0.5, 0.6) is 17.2 Å². The summed E-state index contributed by atoms with van der Waals surface area (Å²) in [6.07, 6.45) is 3.03. The van der Waals surface area contributed by atoms with Gasteiger partial charge in [-0.1, -0.05) is 6.07 Å². The number of hydrogen-bond donors (Lipinski definition) is 1. The molecule has 0 unspecified atom stereocenters. The third-order valence-corrected chi connectivity index (χ3v) is 7.13. The van der Waals surface area contributed by atoms with Gasteiger partial charge in [0.1, 0.15) is 0 Å². The van der Waals surface area contributed by atoms with E-state index < -0.39 is 11.1 Å². The van der Waals surface area contributed by atoms with Crippen LogP contribution in [0.3, 0.4) is 0 Å². The molecule has 12 heteroatoms. The van der Waals surface area contributed by atoms with Gasteiger partial charge in [0.2, 0.25) is 11.7 Å². The number of ether oxygens (including phenoxy) is 4. The van der Waals surface area contributed by atoms with Gasteiger partial charge in [-0.05, 0) is 54.3 Å². The molecule has 1 amide bonds. The Kier molecular flexibility index (Phi) is 10.2. The number of carbonyl (C=O) groups excluding carboxylic acids is 1. The molecule has 0 heterocycles. The molecule has 3 rings (SSSR count). The molecule has 206 valence electrons. The number of hydrogen-bond acceptors (Lipinski definition) is 10. The third kappa shape index (κ3) is 6.13. The highest BCUT2D eigenvalue weighted by Gasteiger charge is 2.32. The predicted octanol–water partition coefficient (Wildman–Crippen LogP) is 3.70. The standard InChI is InChI=1S/C26H32N2O9S/c1-33-14-18-16-8-10-19(27-22(30)7-6-12-37-28(31)32)17-13-20(29)21(38-5)11-9-15(17)23(16)25(35-3)26(36-4)24(18)34-2/h9,11,13,19H,6-8,10,12,14H2,1-5H3,(H,27,30)/t19-/m0/s1. The Morgan fingerprint density at radius 1 is 1.13 bits per heavy atom. The van der Waals surface area contributed by atoms with Crippen LogP contribution in [0.2, 0.25) is 0 Å². The van der Waals surface area contributed by atoms with Crippen molar-refractivity contribution in [2.45, 2.75) is 43.2 Å². The summed E-state index contributed by atoms with van der Waals surface area (Å²) in [5.74, 6) is 1.05. The van der Waals surface area contributed by atoms with Gasteiger partial charge in [0.15, 0.2) is 16.9 Å². The lowest BCUT2D eigenvalue weighted by molar-refractivity contribution is -0.757. The van der Waals surface area contributed by atoms with E-state index in [1.165, 1.54) is 18.9 Å². The smallest absolute Gasteiger partial charge is 0.294 e. The van der Waals surface area contributed by atoms with Gasteiger partial charge in [-0.15, -0.1) is 21.9 Å². The van der Waals surface area contributed by atoms with Crippen LogP contribution in [0, 0.1) is 10.1 Å². The van der Waals surface area contributed by atoms with Crippen LogP contribution in [-0.4, -0.2) is 52.3 Å². The van der Waals surface area contributed by atoms with Gasteiger partial charge in [0, 0.05) is 24.7 Å². The molecular formula is C26H32N2O9S. The van der Waals surface area contributed by atoms with Crippen molar-refractivity contribution in [1.82, 2.24) is 5.32 Å². The molecule has 1 atom stereocenters. The summed E-state index contributed by atoms with van der Waals surface area (Å²) in [5.41, 5.74) is 3.62. The van der Waals surface area contributed by atoms with Crippen molar-refractivity contribution >= 4 is 17.7 Å². The van der Waals surface area contributed by atoms with Gasteiger partial charge >= 0.3 is 0 Å². The normalized spacial score (nSPS) is 14.0. The number of methoxy groups -OCH3 is 4. The highest BCUT2D eigenvalue weighted by atomic mass is 32.2. The Morgan fingerprint density at radius 3 is 2.45 bits per heavy atom. The van der Waals surface area contributed by atoms with Crippen molar-refractivity contribution in [3.63, 3.8) is 0 Å². The largest absolute Gasteiger partial charge is 0.492 e. The molecule has 0 aliphatic heterocycles. The SMILES string of the molecule is COCc1c2c(c(OC)c(OC)c1OC)-c1ccc(SC)c(=O)cc1[C@@H](NC(=O)CCCO[N+](=O)[O-])CC2. The van der Waals surface area contributed by atoms with E-state index in [0.29, 0.717) is 46.1 Å². The van der Waals surface area contributed by atoms with E-state index in [0.717, 1.165) is 16.7 Å². The van der Waals surface area contributed by atoms with Crippen molar-refractivity contribution in [1.29, 1.82) is 0 Å². The molecule has 0 radical (unpaired) electrons. The number of thioether (sulfide) groups is 1. The first-order valence-electron chi connectivity index (χ1n) is 11.9. The van der Waals surface area contributed by atoms with Gasteiger partial charge in [-0.25, -0.2) is 0 Å². The minimum absolute atomic E-state index is 0.0335. The maximum absolute atomic E-state index is 13.1. The Labute approximate surface area is 224 Å². The molecular weight excluding hydrogens is 516 g/mol. The van der Waals surface area contributed by atoms with Gasteiger partial charge in [-0.3, -0.25) is 9.59 Å². The first-order chi connectivity index (χ1) is 18.3. The van der Waals surface area contributed by atoms with E-state index in [2.05, 4.69) is 10.2 Å². The van der Waals surface area contributed by atoms with Crippen LogP contribution in [0.15, 0.2) is 27.9 Å². The third-order valence-electron chi connectivity index (χ3n) is 6.35. The van der Waals surface area contributed by atoms with Crippen molar-refractivity contribution in [3.8, 4) is 28.4 Å². The average molecular weight is 549 g/mol. The minimum Gasteiger partial charge on any atom is -0.492 e. The van der Waals surface area contributed by atoms with Crippen molar-refractivity contribution < 1.29 is 33.7 Å². The average Bonchev–Trinajstić information content (AvgIpc) is 3.15. The van der Waals surface area contributed by atoms with Crippen LogP contribution in [-0.2, 0) is 27.4 Å². The van der Waals surface area contributed by atoms with Gasteiger partial charge < -0.3 is 29.1 Å². The molecule has 2 aromatic carbocycles. The van der Waals surface area contributed by atoms with Gasteiger partial charge in [0.05, 0.1) is 45.5 Å². The Balaban J connectivity index is 2.21. The first-order valence-corrected chi connectivity index (χ1v) is 13.2. The van der Waals surface area contributed by atoms with Crippen LogP contribution in [0.25, 0.3) is 11.1 Å². The Bertz CT molecular complexity index is 1250. The number of rotatable bonds is 12. The van der Waals surface area contributed by atoms with Gasteiger partial charge in [-0.2, -0.15) is 0 Å². The monoisotopic (exact) mass is 548 g/mol. The number of nitrogens with one attached hydrogen (secondary N) is 1. The zero-order valence-corrected chi connectivity index (χ0v) is 22.9. The van der Waals surface area contributed by atoms with Crippen molar-refractivity contribution in [2.24, 2.45) is 0 Å². The summed E-state index contributed by atoms with van der Waals surface area (Å²) >= 11 is 1.34. The molecule has 38 heavy (non-hydrogen) atoms. The fourth-order valence-corrected chi connectivity index (χ4v) is 5.24. The molecule has 0 fully saturated rings. The fourth-order valence-electron chi connectivity index (χ4n) is 4.78. The van der Waals surface area contributed by atoms with Crippen LogP contribution < -0.4 is 25.0 Å². The van der Waals surface area contributed by atoms with E-state index in [1.54, 1.807) is 33.5 Å². The number of fused-ring (bicyclic) bond motifs is 3. The Morgan fingerprint density at radius 2 is 1.84 bits per heavy atom. The quantitative estimate of drug-likeness (QED) is 0.181. The molecule has 1 N–H and O–H groups in total.